The van der Waals surface area contributed by atoms with Crippen molar-refractivity contribution in [1.82, 2.24) is 9.97 Å². The van der Waals surface area contributed by atoms with Gasteiger partial charge in [-0.15, -0.1) is 0 Å². The number of halogens is 2. The lowest BCUT2D eigenvalue weighted by molar-refractivity contribution is 0.586. The molecule has 18 heavy (non-hydrogen) atoms. The van der Waals surface area contributed by atoms with E-state index in [9.17, 15) is 8.78 Å². The smallest absolute Gasteiger partial charge is 0.149 e. The fourth-order valence-electron chi connectivity index (χ4n) is 1.60. The van der Waals surface area contributed by atoms with Crippen molar-refractivity contribution >= 4 is 17.3 Å². The first kappa shape index (κ1) is 12.2. The van der Waals surface area contributed by atoms with Gasteiger partial charge in [0.1, 0.15) is 29.6 Å². The van der Waals surface area contributed by atoms with E-state index in [0.29, 0.717) is 23.6 Å². The van der Waals surface area contributed by atoms with Crippen molar-refractivity contribution in [2.24, 2.45) is 0 Å². The minimum absolute atomic E-state index is 0.143. The number of aromatic nitrogens is 2. The molecule has 4 nitrogen and oxygen atoms in total. The second kappa shape index (κ2) is 4.95. The maximum Gasteiger partial charge on any atom is 0.149 e. The van der Waals surface area contributed by atoms with Gasteiger partial charge in [-0.05, 0) is 18.6 Å². The number of hydrogen-bond acceptors (Lipinski definition) is 4. The molecule has 0 aliphatic rings. The van der Waals surface area contributed by atoms with E-state index in [0.717, 1.165) is 6.07 Å². The second-order valence-corrected chi connectivity index (χ2v) is 3.69. The van der Waals surface area contributed by atoms with Crippen LogP contribution in [0.4, 0.5) is 26.1 Å². The van der Waals surface area contributed by atoms with E-state index >= 15 is 0 Å². The number of nitrogens with zero attached hydrogens (tertiary/aromatic N) is 2. The summed E-state index contributed by atoms with van der Waals surface area (Å²) in [5, 5.41) is 2.79. The molecule has 0 aliphatic heterocycles. The second-order valence-electron chi connectivity index (χ2n) is 3.69. The van der Waals surface area contributed by atoms with Gasteiger partial charge in [0.2, 0.25) is 0 Å². The third-order valence-corrected chi connectivity index (χ3v) is 2.52. The van der Waals surface area contributed by atoms with Gasteiger partial charge in [-0.3, -0.25) is 0 Å². The first-order valence-corrected chi connectivity index (χ1v) is 5.43. The van der Waals surface area contributed by atoms with Crippen molar-refractivity contribution in [3.05, 3.63) is 41.7 Å². The van der Waals surface area contributed by atoms with E-state index in [1.165, 1.54) is 18.5 Å². The molecule has 0 fully saturated rings. The minimum Gasteiger partial charge on any atom is -0.383 e. The molecule has 6 heteroatoms. The van der Waals surface area contributed by atoms with Gasteiger partial charge in [0.05, 0.1) is 5.69 Å². The Kier molecular flexibility index (Phi) is 3.36. The zero-order valence-electron chi connectivity index (χ0n) is 9.74. The summed E-state index contributed by atoms with van der Waals surface area (Å²) < 4.78 is 26.3. The number of nitrogens with one attached hydrogen (secondary N) is 1. The molecule has 94 valence electrons. The summed E-state index contributed by atoms with van der Waals surface area (Å²) in [5.41, 5.74) is 6.54. The Labute approximate surface area is 103 Å². The summed E-state index contributed by atoms with van der Waals surface area (Å²) in [5.74, 6) is -0.543. The molecule has 1 aromatic heterocycles. The Hall–Kier alpha value is -2.24. The number of nitrogen functional groups attached to an aromatic ring is 1. The molecule has 0 unspecified atom stereocenters. The van der Waals surface area contributed by atoms with Gasteiger partial charge in [-0.25, -0.2) is 18.7 Å². The van der Waals surface area contributed by atoms with Crippen LogP contribution in [0.15, 0.2) is 24.5 Å². The maximum absolute atomic E-state index is 13.5. The Balaban J connectivity index is 2.37. The molecule has 3 N–H and O–H groups in total. The Morgan fingerprint density at radius 1 is 1.28 bits per heavy atom. The highest BCUT2D eigenvalue weighted by atomic mass is 19.1. The van der Waals surface area contributed by atoms with E-state index in [1.54, 1.807) is 0 Å². The van der Waals surface area contributed by atoms with Gasteiger partial charge >= 0.3 is 0 Å². The first-order chi connectivity index (χ1) is 8.61. The van der Waals surface area contributed by atoms with Crippen LogP contribution in [0.3, 0.4) is 0 Å². The van der Waals surface area contributed by atoms with Gasteiger partial charge in [-0.2, -0.15) is 0 Å². The third-order valence-electron chi connectivity index (χ3n) is 2.52. The van der Waals surface area contributed by atoms with Crippen LogP contribution in [0.1, 0.15) is 12.5 Å². The molecule has 0 spiro atoms. The van der Waals surface area contributed by atoms with Crippen molar-refractivity contribution in [2.75, 3.05) is 11.1 Å². The third kappa shape index (κ3) is 2.37. The molecule has 0 atom stereocenters. The first-order valence-electron chi connectivity index (χ1n) is 5.43. The zero-order chi connectivity index (χ0) is 13.1. The summed E-state index contributed by atoms with van der Waals surface area (Å²) in [6.45, 7) is 1.89. The standard InChI is InChI=1S/C12H12F2N4/c1-2-8-11(15)16-6-17-12(8)18-10-4-3-7(13)5-9(10)14/h3-6H,2H2,1H3,(H3,15,16,17,18). The van der Waals surface area contributed by atoms with Gasteiger partial charge in [-0.1, -0.05) is 6.92 Å². The molecule has 1 heterocycles. The van der Waals surface area contributed by atoms with E-state index in [1.807, 2.05) is 6.92 Å². The summed E-state index contributed by atoms with van der Waals surface area (Å²) >= 11 is 0. The molecular weight excluding hydrogens is 238 g/mol. The van der Waals surface area contributed by atoms with E-state index in [-0.39, 0.29) is 5.69 Å². The normalized spacial score (nSPS) is 10.4. The van der Waals surface area contributed by atoms with Crippen molar-refractivity contribution in [3.8, 4) is 0 Å². The Morgan fingerprint density at radius 3 is 2.72 bits per heavy atom. The van der Waals surface area contributed by atoms with E-state index in [2.05, 4.69) is 15.3 Å². The topological polar surface area (TPSA) is 63.8 Å². The largest absolute Gasteiger partial charge is 0.383 e. The van der Waals surface area contributed by atoms with Crippen LogP contribution in [0.5, 0.6) is 0 Å². The van der Waals surface area contributed by atoms with Crippen LogP contribution in [0, 0.1) is 11.6 Å². The van der Waals surface area contributed by atoms with Gasteiger partial charge in [0.15, 0.2) is 0 Å². The highest BCUT2D eigenvalue weighted by Gasteiger charge is 2.10. The average Bonchev–Trinajstić information content (AvgIpc) is 2.33. The lowest BCUT2D eigenvalue weighted by Crippen LogP contribution is -2.05. The number of anilines is 3. The molecule has 0 radical (unpaired) electrons. The molecule has 0 bridgehead atoms. The number of nitrogens with two attached hydrogens (primary N) is 1. The summed E-state index contributed by atoms with van der Waals surface area (Å²) in [6, 6.07) is 3.28. The number of benzene rings is 1. The Bertz CT molecular complexity index is 572. The van der Waals surface area contributed by atoms with Crippen LogP contribution in [0.2, 0.25) is 0 Å². The number of hydrogen-bond donors (Lipinski definition) is 2. The van der Waals surface area contributed by atoms with Crippen molar-refractivity contribution in [1.29, 1.82) is 0 Å². The van der Waals surface area contributed by atoms with Crippen molar-refractivity contribution in [3.63, 3.8) is 0 Å². The fraction of sp³-hybridized carbons (Fsp3) is 0.167. The maximum atomic E-state index is 13.5. The van der Waals surface area contributed by atoms with Crippen molar-refractivity contribution < 1.29 is 8.78 Å². The molecule has 0 saturated heterocycles. The lowest BCUT2D eigenvalue weighted by Gasteiger charge is -2.11. The van der Waals surface area contributed by atoms with Gasteiger partial charge in [0, 0.05) is 11.6 Å². The SMILES string of the molecule is CCc1c(N)ncnc1Nc1ccc(F)cc1F. The van der Waals surface area contributed by atoms with Gasteiger partial charge in [0.25, 0.3) is 0 Å². The monoisotopic (exact) mass is 250 g/mol. The molecule has 2 aromatic rings. The number of rotatable bonds is 3. The van der Waals surface area contributed by atoms with Crippen LogP contribution >= 0.6 is 0 Å². The van der Waals surface area contributed by atoms with E-state index < -0.39 is 11.6 Å². The molecule has 0 saturated carbocycles. The quantitative estimate of drug-likeness (QED) is 0.879. The predicted molar refractivity (Wildman–Crippen MR) is 65.5 cm³/mol. The molecular formula is C12H12F2N4. The zero-order valence-corrected chi connectivity index (χ0v) is 9.74. The Morgan fingerprint density at radius 2 is 2.06 bits per heavy atom. The van der Waals surface area contributed by atoms with Crippen LogP contribution in [-0.4, -0.2) is 9.97 Å². The molecule has 0 amide bonds. The fourth-order valence-corrected chi connectivity index (χ4v) is 1.60. The summed E-state index contributed by atoms with van der Waals surface area (Å²) in [6.07, 6.45) is 1.90. The van der Waals surface area contributed by atoms with Crippen LogP contribution in [0.25, 0.3) is 0 Å². The van der Waals surface area contributed by atoms with E-state index in [4.69, 9.17) is 5.73 Å². The molecule has 0 aliphatic carbocycles. The van der Waals surface area contributed by atoms with Gasteiger partial charge < -0.3 is 11.1 Å². The highest BCUT2D eigenvalue weighted by molar-refractivity contribution is 5.64. The predicted octanol–water partition coefficient (Wildman–Crippen LogP) is 2.64. The molecule has 1 aromatic carbocycles. The minimum atomic E-state index is -0.686. The molecule has 2 rings (SSSR count). The summed E-state index contributed by atoms with van der Waals surface area (Å²) in [4.78, 5) is 7.87. The lowest BCUT2D eigenvalue weighted by atomic mass is 10.2. The highest BCUT2D eigenvalue weighted by Crippen LogP contribution is 2.24. The van der Waals surface area contributed by atoms with Crippen LogP contribution < -0.4 is 11.1 Å². The summed E-state index contributed by atoms with van der Waals surface area (Å²) in [7, 11) is 0. The van der Waals surface area contributed by atoms with Crippen LogP contribution in [-0.2, 0) is 6.42 Å². The van der Waals surface area contributed by atoms with Crippen molar-refractivity contribution in [2.45, 2.75) is 13.3 Å². The average molecular weight is 250 g/mol.